The second-order valence-electron chi connectivity index (χ2n) is 11.7. The van der Waals surface area contributed by atoms with Gasteiger partial charge < -0.3 is 19.3 Å². The van der Waals surface area contributed by atoms with E-state index in [1.54, 1.807) is 25.8 Å². The summed E-state index contributed by atoms with van der Waals surface area (Å²) >= 11 is 0. The van der Waals surface area contributed by atoms with E-state index in [1.807, 2.05) is 4.90 Å². The molecule has 1 aliphatic carbocycles. The predicted octanol–water partition coefficient (Wildman–Crippen LogP) is 3.51. The minimum atomic E-state index is -0.518. The van der Waals surface area contributed by atoms with Crippen LogP contribution in [0.1, 0.15) is 42.4 Å². The molecule has 3 aliphatic heterocycles. The Labute approximate surface area is 218 Å². The van der Waals surface area contributed by atoms with Crippen molar-refractivity contribution in [3.63, 3.8) is 0 Å². The van der Waals surface area contributed by atoms with Gasteiger partial charge in [0.15, 0.2) is 0 Å². The fourth-order valence-electron chi connectivity index (χ4n) is 7.59. The second kappa shape index (κ2) is 9.87. The summed E-state index contributed by atoms with van der Waals surface area (Å²) in [6, 6.07) is 6.51. The molecule has 2 aromatic rings. The van der Waals surface area contributed by atoms with Crippen LogP contribution in [0.2, 0.25) is 0 Å². The lowest BCUT2D eigenvalue weighted by Gasteiger charge is -2.38. The maximum atomic E-state index is 14.4. The molecule has 0 bridgehead atoms. The van der Waals surface area contributed by atoms with Gasteiger partial charge in [0.1, 0.15) is 6.33 Å². The lowest BCUT2D eigenvalue weighted by atomic mass is 9.77. The largest absolute Gasteiger partial charge is 0.379 e. The van der Waals surface area contributed by atoms with Gasteiger partial charge in [-0.3, -0.25) is 9.36 Å². The summed E-state index contributed by atoms with van der Waals surface area (Å²) in [6.45, 7) is 6.07. The molecule has 2 saturated heterocycles. The van der Waals surface area contributed by atoms with Crippen LogP contribution in [0.15, 0.2) is 36.9 Å². The highest BCUT2D eigenvalue weighted by molar-refractivity contribution is 5.86. The Morgan fingerprint density at radius 1 is 1.24 bits per heavy atom. The number of ether oxygens (including phenoxy) is 2. The summed E-state index contributed by atoms with van der Waals surface area (Å²) in [4.78, 5) is 35.7. The highest BCUT2D eigenvalue weighted by Gasteiger charge is 2.59. The van der Waals surface area contributed by atoms with Crippen molar-refractivity contribution >= 4 is 11.9 Å². The quantitative estimate of drug-likeness (QED) is 0.634. The van der Waals surface area contributed by atoms with Crippen LogP contribution < -0.4 is 0 Å². The van der Waals surface area contributed by atoms with Gasteiger partial charge in [-0.15, -0.1) is 0 Å². The van der Waals surface area contributed by atoms with Gasteiger partial charge >= 0.3 is 6.03 Å². The Kier molecular flexibility index (Phi) is 6.57. The van der Waals surface area contributed by atoms with Gasteiger partial charge in [0.05, 0.1) is 18.1 Å². The first-order valence-electron chi connectivity index (χ1n) is 13.7. The van der Waals surface area contributed by atoms with Gasteiger partial charge in [-0.2, -0.15) is 0 Å². The third-order valence-electron chi connectivity index (χ3n) is 9.43. The molecule has 1 aromatic carbocycles. The molecule has 1 aromatic heterocycles. The minimum absolute atomic E-state index is 0.0842. The third kappa shape index (κ3) is 4.48. The van der Waals surface area contributed by atoms with E-state index in [4.69, 9.17) is 9.47 Å². The fraction of sp³-hybridized carbons (Fsp3) is 0.621. The number of aromatic nitrogens is 2. The Morgan fingerprint density at radius 2 is 2.14 bits per heavy atom. The van der Waals surface area contributed by atoms with E-state index in [-0.39, 0.29) is 24.0 Å². The van der Waals surface area contributed by atoms with E-state index < -0.39 is 5.41 Å². The van der Waals surface area contributed by atoms with Crippen LogP contribution in [-0.2, 0) is 27.2 Å². The Balaban J connectivity index is 1.24. The van der Waals surface area contributed by atoms with Crippen LogP contribution in [-0.4, -0.2) is 77.4 Å². The number of carbonyl (C=O) groups excluding carboxylic acids is 2. The SMILES string of the molecule is COC1COCCC1C[C@@H]1C[C@H]2CN(C(=O)n3ccnc3)C[C@@]2(C(=O)N2CCc3ccc(C)cc3C2)C1. The molecule has 3 fully saturated rings. The van der Waals surface area contributed by atoms with Crippen molar-refractivity contribution in [2.24, 2.45) is 23.2 Å². The van der Waals surface area contributed by atoms with E-state index in [2.05, 4.69) is 35.0 Å². The van der Waals surface area contributed by atoms with Crippen molar-refractivity contribution in [3.8, 4) is 0 Å². The zero-order chi connectivity index (χ0) is 25.6. The van der Waals surface area contributed by atoms with Crippen LogP contribution in [0, 0.1) is 30.1 Å². The maximum Gasteiger partial charge on any atom is 0.329 e. The molecular weight excluding hydrogens is 468 g/mol. The summed E-state index contributed by atoms with van der Waals surface area (Å²) in [5, 5.41) is 0. The van der Waals surface area contributed by atoms with Gasteiger partial charge in [-0.25, -0.2) is 9.78 Å². The molecule has 5 atom stereocenters. The topological polar surface area (TPSA) is 76.9 Å². The molecule has 2 unspecified atom stereocenters. The van der Waals surface area contributed by atoms with Crippen molar-refractivity contribution in [1.82, 2.24) is 19.4 Å². The van der Waals surface area contributed by atoms with Crippen LogP contribution in [0.25, 0.3) is 0 Å². The molecule has 198 valence electrons. The van der Waals surface area contributed by atoms with Gasteiger partial charge in [0.2, 0.25) is 5.91 Å². The number of fused-ring (bicyclic) bond motifs is 2. The average Bonchev–Trinajstić information content (AvgIpc) is 3.63. The van der Waals surface area contributed by atoms with Gasteiger partial charge in [-0.05, 0) is 67.9 Å². The van der Waals surface area contributed by atoms with E-state index in [9.17, 15) is 9.59 Å². The number of benzene rings is 1. The first-order valence-corrected chi connectivity index (χ1v) is 13.7. The number of hydrogen-bond acceptors (Lipinski definition) is 5. The standard InChI is InChI=1S/C29H38N4O4/c1-20-3-4-22-5-8-31(15-24(22)11-20)27(34)29-14-21(12-23-6-10-37-17-26(23)36-2)13-25(29)16-33(18-29)28(35)32-9-7-30-19-32/h3-4,7,9,11,19,21,23,25-26H,5-6,8,10,12-18H2,1-2H3/t21-,23?,25+,26?,29+/m1/s1. The second-order valence-corrected chi connectivity index (χ2v) is 11.7. The Hall–Kier alpha value is -2.71. The fourth-order valence-corrected chi connectivity index (χ4v) is 7.59. The summed E-state index contributed by atoms with van der Waals surface area (Å²) in [5.74, 6) is 1.34. The van der Waals surface area contributed by atoms with Crippen LogP contribution >= 0.6 is 0 Å². The number of carbonyl (C=O) groups is 2. The van der Waals surface area contributed by atoms with E-state index >= 15 is 0 Å². The zero-order valence-electron chi connectivity index (χ0n) is 22.0. The van der Waals surface area contributed by atoms with E-state index in [0.29, 0.717) is 38.1 Å². The molecular formula is C29H38N4O4. The molecule has 8 nitrogen and oxygen atoms in total. The molecule has 1 saturated carbocycles. The van der Waals surface area contributed by atoms with Gasteiger partial charge in [0, 0.05) is 52.3 Å². The van der Waals surface area contributed by atoms with Crippen molar-refractivity contribution in [2.75, 3.05) is 40.0 Å². The number of likely N-dealkylation sites (tertiary alicyclic amines) is 1. The molecule has 0 radical (unpaired) electrons. The molecule has 6 rings (SSSR count). The van der Waals surface area contributed by atoms with Crippen LogP contribution in [0.3, 0.4) is 0 Å². The molecule has 37 heavy (non-hydrogen) atoms. The number of nitrogens with zero attached hydrogens (tertiary/aromatic N) is 4. The monoisotopic (exact) mass is 506 g/mol. The van der Waals surface area contributed by atoms with Gasteiger partial charge in [0.25, 0.3) is 0 Å². The van der Waals surface area contributed by atoms with Crippen molar-refractivity contribution in [2.45, 2.75) is 51.7 Å². The lowest BCUT2D eigenvalue weighted by molar-refractivity contribution is -0.144. The van der Waals surface area contributed by atoms with Crippen molar-refractivity contribution < 1.29 is 19.1 Å². The minimum Gasteiger partial charge on any atom is -0.379 e. The molecule has 4 aliphatic rings. The number of methoxy groups -OCH3 is 1. The number of imidazole rings is 1. The summed E-state index contributed by atoms with van der Waals surface area (Å²) in [5.41, 5.74) is 3.32. The maximum absolute atomic E-state index is 14.4. The summed E-state index contributed by atoms with van der Waals surface area (Å²) in [7, 11) is 1.77. The Bertz CT molecular complexity index is 1150. The molecule has 4 heterocycles. The highest BCUT2D eigenvalue weighted by Crippen LogP contribution is 2.54. The predicted molar refractivity (Wildman–Crippen MR) is 138 cm³/mol. The van der Waals surface area contributed by atoms with Crippen LogP contribution in [0.5, 0.6) is 0 Å². The smallest absolute Gasteiger partial charge is 0.329 e. The normalized spacial score (nSPS) is 31.3. The van der Waals surface area contributed by atoms with E-state index in [1.165, 1.54) is 21.3 Å². The summed E-state index contributed by atoms with van der Waals surface area (Å²) in [6.07, 6.45) is 9.77. The molecule has 0 N–H and O–H groups in total. The Morgan fingerprint density at radius 3 is 2.95 bits per heavy atom. The molecule has 0 spiro atoms. The third-order valence-corrected chi connectivity index (χ3v) is 9.43. The van der Waals surface area contributed by atoms with E-state index in [0.717, 1.165) is 45.3 Å². The van der Waals surface area contributed by atoms with Crippen molar-refractivity contribution in [3.05, 3.63) is 53.6 Å². The number of aryl methyl sites for hydroxylation is 1. The first-order chi connectivity index (χ1) is 18.0. The number of amides is 2. The summed E-state index contributed by atoms with van der Waals surface area (Å²) < 4.78 is 12.9. The lowest BCUT2D eigenvalue weighted by Crippen LogP contribution is -2.49. The first kappa shape index (κ1) is 24.6. The highest BCUT2D eigenvalue weighted by atomic mass is 16.5. The average molecular weight is 507 g/mol. The van der Waals surface area contributed by atoms with Gasteiger partial charge in [-0.1, -0.05) is 23.8 Å². The number of hydrogen-bond donors (Lipinski definition) is 0. The molecule has 2 amide bonds. The molecule has 8 heteroatoms. The number of rotatable bonds is 4. The van der Waals surface area contributed by atoms with Crippen LogP contribution in [0.4, 0.5) is 4.79 Å². The van der Waals surface area contributed by atoms with Crippen molar-refractivity contribution in [1.29, 1.82) is 0 Å². The zero-order valence-corrected chi connectivity index (χ0v) is 22.0.